The Bertz CT molecular complexity index is 542. The summed E-state index contributed by atoms with van der Waals surface area (Å²) in [5, 5.41) is 0. The van der Waals surface area contributed by atoms with E-state index < -0.39 is 5.91 Å². The van der Waals surface area contributed by atoms with E-state index in [1.165, 1.54) is 0 Å². The van der Waals surface area contributed by atoms with Gasteiger partial charge in [-0.25, -0.2) is 4.98 Å². The number of amides is 1. The molecule has 0 aliphatic carbocycles. The maximum absolute atomic E-state index is 11.7. The van der Waals surface area contributed by atoms with Crippen molar-refractivity contribution in [3.05, 3.63) is 22.9 Å². The van der Waals surface area contributed by atoms with Crippen molar-refractivity contribution in [2.45, 2.75) is 26.7 Å². The minimum atomic E-state index is -0.421. The van der Waals surface area contributed by atoms with E-state index in [-0.39, 0.29) is 0 Å². The van der Waals surface area contributed by atoms with Gasteiger partial charge in [0.25, 0.3) is 5.91 Å². The fourth-order valence-electron chi connectivity index (χ4n) is 2.78. The minimum Gasteiger partial charge on any atom is -0.379 e. The molecule has 1 aromatic heterocycles. The highest BCUT2D eigenvalue weighted by Gasteiger charge is 2.16. The van der Waals surface area contributed by atoms with E-state index >= 15 is 0 Å². The molecule has 2 heterocycles. The lowest BCUT2D eigenvalue weighted by Crippen LogP contribution is -2.37. The molecule has 0 aromatic carbocycles. The van der Waals surface area contributed by atoms with E-state index in [1.807, 2.05) is 31.9 Å². The van der Waals surface area contributed by atoms with E-state index in [1.54, 1.807) is 0 Å². The number of unbranched alkanes of at least 4 members (excludes halogenated alkanes) is 1. The van der Waals surface area contributed by atoms with Crippen LogP contribution in [0.1, 0.15) is 34.5 Å². The van der Waals surface area contributed by atoms with Crippen LogP contribution in [0.3, 0.4) is 0 Å². The van der Waals surface area contributed by atoms with Crippen LogP contribution < -0.4 is 10.6 Å². The number of rotatable bonds is 7. The predicted octanol–water partition coefficient (Wildman–Crippen LogP) is 1.35. The third kappa shape index (κ3) is 4.91. The van der Waals surface area contributed by atoms with Crippen molar-refractivity contribution < 1.29 is 9.53 Å². The number of hydrogen-bond acceptors (Lipinski definition) is 5. The number of nitrogens with two attached hydrogens (primary N) is 1. The number of ether oxygens (including phenoxy) is 1. The summed E-state index contributed by atoms with van der Waals surface area (Å²) in [7, 11) is 1.97. The van der Waals surface area contributed by atoms with Crippen molar-refractivity contribution in [1.82, 2.24) is 9.88 Å². The second-order valence-corrected chi connectivity index (χ2v) is 6.21. The molecule has 0 saturated carbocycles. The van der Waals surface area contributed by atoms with E-state index in [4.69, 9.17) is 10.5 Å². The molecular formula is C17H28N4O2. The largest absolute Gasteiger partial charge is 0.379 e. The molecule has 0 unspecified atom stereocenters. The summed E-state index contributed by atoms with van der Waals surface area (Å²) in [4.78, 5) is 20.7. The second kappa shape index (κ2) is 8.26. The zero-order valence-corrected chi connectivity index (χ0v) is 14.5. The molecule has 0 spiro atoms. The van der Waals surface area contributed by atoms with Crippen LogP contribution in [0.15, 0.2) is 6.07 Å². The number of aromatic nitrogens is 1. The van der Waals surface area contributed by atoms with Gasteiger partial charge in [0, 0.05) is 32.4 Å². The Morgan fingerprint density at radius 2 is 2.04 bits per heavy atom. The summed E-state index contributed by atoms with van der Waals surface area (Å²) in [6, 6.07) is 1.84. The maximum atomic E-state index is 11.7. The normalized spacial score (nSPS) is 15.6. The monoisotopic (exact) mass is 320 g/mol. The zero-order chi connectivity index (χ0) is 16.8. The van der Waals surface area contributed by atoms with Gasteiger partial charge in [0.05, 0.1) is 18.8 Å². The first-order valence-electron chi connectivity index (χ1n) is 8.28. The van der Waals surface area contributed by atoms with E-state index in [9.17, 15) is 4.79 Å². The van der Waals surface area contributed by atoms with Crippen LogP contribution in [0.5, 0.6) is 0 Å². The van der Waals surface area contributed by atoms with Crippen molar-refractivity contribution in [1.29, 1.82) is 0 Å². The summed E-state index contributed by atoms with van der Waals surface area (Å²) in [5.74, 6) is 0.266. The number of carbonyl (C=O) groups excluding carboxylic acids is 1. The molecule has 0 radical (unpaired) electrons. The Hall–Kier alpha value is -1.66. The van der Waals surface area contributed by atoms with E-state index in [2.05, 4.69) is 9.88 Å². The Morgan fingerprint density at radius 1 is 1.35 bits per heavy atom. The first kappa shape index (κ1) is 17.7. The molecule has 2 rings (SSSR count). The Labute approximate surface area is 138 Å². The lowest BCUT2D eigenvalue weighted by Gasteiger charge is -2.27. The Kier molecular flexibility index (Phi) is 6.36. The smallest absolute Gasteiger partial charge is 0.252 e. The molecular weight excluding hydrogens is 292 g/mol. The van der Waals surface area contributed by atoms with Gasteiger partial charge in [-0.2, -0.15) is 0 Å². The van der Waals surface area contributed by atoms with Crippen LogP contribution in [-0.4, -0.2) is 62.2 Å². The fraction of sp³-hybridized carbons (Fsp3) is 0.647. The molecule has 1 aliphatic heterocycles. The van der Waals surface area contributed by atoms with E-state index in [0.29, 0.717) is 11.4 Å². The third-order valence-corrected chi connectivity index (χ3v) is 4.39. The van der Waals surface area contributed by atoms with Crippen molar-refractivity contribution >= 4 is 11.7 Å². The van der Waals surface area contributed by atoms with Gasteiger partial charge in [-0.15, -0.1) is 0 Å². The fourth-order valence-corrected chi connectivity index (χ4v) is 2.78. The van der Waals surface area contributed by atoms with Crippen LogP contribution in [0.2, 0.25) is 0 Å². The Morgan fingerprint density at radius 3 is 2.70 bits per heavy atom. The van der Waals surface area contributed by atoms with Gasteiger partial charge >= 0.3 is 0 Å². The topological polar surface area (TPSA) is 71.7 Å². The van der Waals surface area contributed by atoms with E-state index in [0.717, 1.165) is 63.5 Å². The molecule has 1 aliphatic rings. The molecule has 128 valence electrons. The van der Waals surface area contributed by atoms with Gasteiger partial charge < -0.3 is 15.4 Å². The molecule has 23 heavy (non-hydrogen) atoms. The van der Waals surface area contributed by atoms with Gasteiger partial charge in [0.1, 0.15) is 5.82 Å². The first-order valence-corrected chi connectivity index (χ1v) is 8.28. The highest BCUT2D eigenvalue weighted by Crippen LogP contribution is 2.20. The first-order chi connectivity index (χ1) is 11.0. The molecule has 6 heteroatoms. The Balaban J connectivity index is 1.88. The standard InChI is InChI=1S/C17H28N4O2/c1-13-12-15(16(18)22)17(19-14(13)2)20(3)6-4-5-7-21-8-10-23-11-9-21/h12H,4-11H2,1-3H3,(H2,18,22). The van der Waals surface area contributed by atoms with Crippen LogP contribution in [0.4, 0.5) is 5.82 Å². The number of nitrogens with zero attached hydrogens (tertiary/aromatic N) is 3. The van der Waals surface area contributed by atoms with Gasteiger partial charge in [0.2, 0.25) is 0 Å². The van der Waals surface area contributed by atoms with Crippen molar-refractivity contribution in [3.8, 4) is 0 Å². The molecule has 1 amide bonds. The number of pyridine rings is 1. The average molecular weight is 320 g/mol. The van der Waals surface area contributed by atoms with Crippen LogP contribution in [-0.2, 0) is 4.74 Å². The molecule has 1 fully saturated rings. The highest BCUT2D eigenvalue weighted by molar-refractivity contribution is 5.98. The number of anilines is 1. The molecule has 0 bridgehead atoms. The summed E-state index contributed by atoms with van der Waals surface area (Å²) in [6.07, 6.45) is 2.18. The van der Waals surface area contributed by atoms with Gasteiger partial charge in [-0.1, -0.05) is 0 Å². The molecule has 2 N–H and O–H groups in total. The predicted molar refractivity (Wildman–Crippen MR) is 92.0 cm³/mol. The zero-order valence-electron chi connectivity index (χ0n) is 14.5. The number of hydrogen-bond donors (Lipinski definition) is 1. The summed E-state index contributed by atoms with van der Waals surface area (Å²) in [5.41, 5.74) is 7.93. The molecule has 6 nitrogen and oxygen atoms in total. The molecule has 1 saturated heterocycles. The summed E-state index contributed by atoms with van der Waals surface area (Å²) < 4.78 is 5.36. The number of aryl methyl sites for hydroxylation is 2. The van der Waals surface area contributed by atoms with Crippen molar-refractivity contribution in [2.24, 2.45) is 5.73 Å². The second-order valence-electron chi connectivity index (χ2n) is 6.21. The number of primary amides is 1. The lowest BCUT2D eigenvalue weighted by atomic mass is 10.1. The molecule has 1 aromatic rings. The third-order valence-electron chi connectivity index (χ3n) is 4.39. The molecule has 0 atom stereocenters. The lowest BCUT2D eigenvalue weighted by molar-refractivity contribution is 0.0372. The van der Waals surface area contributed by atoms with Gasteiger partial charge in [-0.05, 0) is 44.9 Å². The number of morpholine rings is 1. The van der Waals surface area contributed by atoms with Gasteiger partial charge in [0.15, 0.2) is 0 Å². The minimum absolute atomic E-state index is 0.421. The summed E-state index contributed by atoms with van der Waals surface area (Å²) in [6.45, 7) is 9.60. The SMILES string of the molecule is Cc1cc(C(N)=O)c(N(C)CCCCN2CCOCC2)nc1C. The van der Waals surface area contributed by atoms with Crippen molar-refractivity contribution in [2.75, 3.05) is 51.3 Å². The van der Waals surface area contributed by atoms with Crippen molar-refractivity contribution in [3.63, 3.8) is 0 Å². The average Bonchev–Trinajstić information content (AvgIpc) is 2.54. The number of carbonyl (C=O) groups is 1. The van der Waals surface area contributed by atoms with Crippen LogP contribution >= 0.6 is 0 Å². The van der Waals surface area contributed by atoms with Crippen LogP contribution in [0.25, 0.3) is 0 Å². The maximum Gasteiger partial charge on any atom is 0.252 e. The quantitative estimate of drug-likeness (QED) is 0.768. The summed E-state index contributed by atoms with van der Waals surface area (Å²) >= 11 is 0. The highest BCUT2D eigenvalue weighted by atomic mass is 16.5. The van der Waals surface area contributed by atoms with Gasteiger partial charge in [-0.3, -0.25) is 9.69 Å². The van der Waals surface area contributed by atoms with Crippen LogP contribution in [0, 0.1) is 13.8 Å².